The van der Waals surface area contributed by atoms with Crippen LogP contribution in [0, 0.1) is 23.5 Å². The number of hydrogen-bond acceptors (Lipinski definition) is 1. The second-order valence-corrected chi connectivity index (χ2v) is 6.29. The first kappa shape index (κ1) is 13.8. The number of ether oxygens (including phenoxy) is 1. The maximum Gasteiger partial charge on any atom is 0.200 e. The van der Waals surface area contributed by atoms with Gasteiger partial charge < -0.3 is 4.74 Å². The van der Waals surface area contributed by atoms with Gasteiger partial charge in [0, 0.05) is 0 Å². The summed E-state index contributed by atoms with van der Waals surface area (Å²) in [7, 11) is 0. The first-order valence-corrected chi connectivity index (χ1v) is 7.83. The molecule has 0 amide bonds. The van der Waals surface area contributed by atoms with Gasteiger partial charge in [-0.3, -0.25) is 0 Å². The third-order valence-corrected chi connectivity index (χ3v) is 4.59. The van der Waals surface area contributed by atoms with Crippen molar-refractivity contribution in [3.8, 4) is 5.75 Å². The molecule has 110 valence electrons. The molecule has 2 aliphatic rings. The van der Waals surface area contributed by atoms with Crippen molar-refractivity contribution < 1.29 is 13.5 Å². The summed E-state index contributed by atoms with van der Waals surface area (Å²) in [4.78, 5) is 0. The fourth-order valence-electron chi connectivity index (χ4n) is 3.11. The van der Waals surface area contributed by atoms with E-state index in [4.69, 9.17) is 4.74 Å². The SMILES string of the molecule is Fc1c(CC2CC2)ccc(OCCC2CCCC2)c1F. The summed E-state index contributed by atoms with van der Waals surface area (Å²) in [6.45, 7) is 0.489. The molecule has 0 aromatic heterocycles. The Morgan fingerprint density at radius 2 is 1.70 bits per heavy atom. The summed E-state index contributed by atoms with van der Waals surface area (Å²) in [6, 6.07) is 3.27. The molecule has 0 radical (unpaired) electrons. The lowest BCUT2D eigenvalue weighted by Gasteiger charge is -2.12. The van der Waals surface area contributed by atoms with Crippen LogP contribution in [0.3, 0.4) is 0 Å². The van der Waals surface area contributed by atoms with Crippen LogP contribution in [-0.2, 0) is 6.42 Å². The fourth-order valence-corrected chi connectivity index (χ4v) is 3.11. The lowest BCUT2D eigenvalue weighted by molar-refractivity contribution is 0.263. The number of rotatable bonds is 6. The molecule has 1 aromatic rings. The quantitative estimate of drug-likeness (QED) is 0.722. The van der Waals surface area contributed by atoms with E-state index >= 15 is 0 Å². The summed E-state index contributed by atoms with van der Waals surface area (Å²) >= 11 is 0. The van der Waals surface area contributed by atoms with Crippen molar-refractivity contribution in [2.75, 3.05) is 6.61 Å². The molecule has 0 heterocycles. The van der Waals surface area contributed by atoms with Gasteiger partial charge in [-0.1, -0.05) is 31.7 Å². The topological polar surface area (TPSA) is 9.23 Å². The van der Waals surface area contributed by atoms with Crippen LogP contribution in [-0.4, -0.2) is 6.61 Å². The Morgan fingerprint density at radius 3 is 2.40 bits per heavy atom. The van der Waals surface area contributed by atoms with Crippen LogP contribution in [0.4, 0.5) is 8.78 Å². The summed E-state index contributed by atoms with van der Waals surface area (Å²) in [5.74, 6) is -0.194. The van der Waals surface area contributed by atoms with Gasteiger partial charge in [-0.25, -0.2) is 4.39 Å². The van der Waals surface area contributed by atoms with Crippen LogP contribution < -0.4 is 4.74 Å². The van der Waals surface area contributed by atoms with Crippen molar-refractivity contribution in [3.05, 3.63) is 29.3 Å². The molecule has 0 unspecified atom stereocenters. The maximum absolute atomic E-state index is 13.9. The zero-order valence-corrected chi connectivity index (χ0v) is 11.8. The minimum absolute atomic E-state index is 0.0695. The van der Waals surface area contributed by atoms with Gasteiger partial charge in [0.05, 0.1) is 6.61 Å². The van der Waals surface area contributed by atoms with E-state index in [1.165, 1.54) is 25.7 Å². The minimum atomic E-state index is -0.811. The van der Waals surface area contributed by atoms with Gasteiger partial charge in [0.15, 0.2) is 11.6 Å². The molecule has 3 heteroatoms. The van der Waals surface area contributed by atoms with Gasteiger partial charge >= 0.3 is 0 Å². The summed E-state index contributed by atoms with van der Waals surface area (Å²) in [6.07, 6.45) is 8.98. The lowest BCUT2D eigenvalue weighted by Crippen LogP contribution is -2.06. The second-order valence-electron chi connectivity index (χ2n) is 6.29. The molecule has 0 bridgehead atoms. The van der Waals surface area contributed by atoms with E-state index in [2.05, 4.69) is 0 Å². The summed E-state index contributed by atoms with van der Waals surface area (Å²) in [5.41, 5.74) is 0.494. The van der Waals surface area contributed by atoms with Gasteiger partial charge in [0.1, 0.15) is 0 Å². The van der Waals surface area contributed by atoms with Crippen molar-refractivity contribution in [3.63, 3.8) is 0 Å². The highest BCUT2D eigenvalue weighted by Crippen LogP contribution is 2.35. The van der Waals surface area contributed by atoms with E-state index in [0.29, 0.717) is 30.4 Å². The molecular weight excluding hydrogens is 258 g/mol. The molecule has 0 saturated heterocycles. The molecule has 3 rings (SSSR count). The Balaban J connectivity index is 1.56. The number of hydrogen-bond donors (Lipinski definition) is 0. The smallest absolute Gasteiger partial charge is 0.200 e. The fraction of sp³-hybridized carbons (Fsp3) is 0.647. The van der Waals surface area contributed by atoms with E-state index in [1.54, 1.807) is 12.1 Å². The zero-order valence-electron chi connectivity index (χ0n) is 11.8. The normalized spacial score (nSPS) is 19.5. The van der Waals surface area contributed by atoms with Crippen LogP contribution in [0.25, 0.3) is 0 Å². The Hall–Kier alpha value is -1.12. The minimum Gasteiger partial charge on any atom is -0.490 e. The predicted octanol–water partition coefficient (Wildman–Crippen LogP) is 4.88. The van der Waals surface area contributed by atoms with E-state index in [1.807, 2.05) is 0 Å². The van der Waals surface area contributed by atoms with E-state index < -0.39 is 11.6 Å². The highest BCUT2D eigenvalue weighted by atomic mass is 19.2. The molecule has 0 N–H and O–H groups in total. The molecule has 0 atom stereocenters. The molecule has 2 fully saturated rings. The van der Waals surface area contributed by atoms with E-state index in [0.717, 1.165) is 19.3 Å². The van der Waals surface area contributed by atoms with Gasteiger partial charge in [-0.2, -0.15) is 4.39 Å². The highest BCUT2D eigenvalue weighted by molar-refractivity contribution is 5.31. The average Bonchev–Trinajstić information content (AvgIpc) is 3.11. The van der Waals surface area contributed by atoms with Crippen molar-refractivity contribution >= 4 is 0 Å². The third kappa shape index (κ3) is 3.31. The molecule has 0 aliphatic heterocycles. The molecule has 1 aromatic carbocycles. The number of halogens is 2. The standard InChI is InChI=1S/C17H22F2O/c18-16-14(11-13-5-6-13)7-8-15(17(16)19)20-10-9-12-3-1-2-4-12/h7-8,12-13H,1-6,9-11H2. The Bertz CT molecular complexity index is 462. The molecule has 0 spiro atoms. The van der Waals surface area contributed by atoms with Crippen LogP contribution in [0.2, 0.25) is 0 Å². The first-order chi connectivity index (χ1) is 9.74. The molecule has 2 saturated carbocycles. The Labute approximate surface area is 119 Å². The Morgan fingerprint density at radius 1 is 0.950 bits per heavy atom. The van der Waals surface area contributed by atoms with E-state index in [9.17, 15) is 8.78 Å². The summed E-state index contributed by atoms with van der Waals surface area (Å²) in [5, 5.41) is 0. The average molecular weight is 280 g/mol. The first-order valence-electron chi connectivity index (χ1n) is 7.83. The van der Waals surface area contributed by atoms with Crippen LogP contribution >= 0.6 is 0 Å². The third-order valence-electron chi connectivity index (χ3n) is 4.59. The highest BCUT2D eigenvalue weighted by Gasteiger charge is 2.25. The second kappa shape index (κ2) is 6.11. The Kier molecular flexibility index (Phi) is 4.23. The van der Waals surface area contributed by atoms with Crippen LogP contribution in [0.5, 0.6) is 5.75 Å². The van der Waals surface area contributed by atoms with Gasteiger partial charge in [0.25, 0.3) is 0 Å². The molecular formula is C17H22F2O. The molecule has 2 aliphatic carbocycles. The van der Waals surface area contributed by atoms with Crippen LogP contribution in [0.15, 0.2) is 12.1 Å². The number of benzene rings is 1. The predicted molar refractivity (Wildman–Crippen MR) is 74.9 cm³/mol. The van der Waals surface area contributed by atoms with E-state index in [-0.39, 0.29) is 5.75 Å². The van der Waals surface area contributed by atoms with Crippen molar-refractivity contribution in [1.29, 1.82) is 0 Å². The lowest BCUT2D eigenvalue weighted by atomic mass is 10.1. The van der Waals surface area contributed by atoms with Gasteiger partial charge in [0.2, 0.25) is 5.82 Å². The maximum atomic E-state index is 13.9. The zero-order chi connectivity index (χ0) is 13.9. The van der Waals surface area contributed by atoms with Crippen molar-refractivity contribution in [1.82, 2.24) is 0 Å². The summed E-state index contributed by atoms with van der Waals surface area (Å²) < 4.78 is 33.3. The monoisotopic (exact) mass is 280 g/mol. The van der Waals surface area contributed by atoms with Gasteiger partial charge in [-0.15, -0.1) is 0 Å². The van der Waals surface area contributed by atoms with Crippen molar-refractivity contribution in [2.24, 2.45) is 11.8 Å². The largest absolute Gasteiger partial charge is 0.490 e. The van der Waals surface area contributed by atoms with Gasteiger partial charge in [-0.05, 0) is 49.1 Å². The molecule has 20 heavy (non-hydrogen) atoms. The van der Waals surface area contributed by atoms with Crippen LogP contribution in [0.1, 0.15) is 50.5 Å². The van der Waals surface area contributed by atoms with Crippen molar-refractivity contribution in [2.45, 2.75) is 51.4 Å². The molecule has 1 nitrogen and oxygen atoms in total.